The number of benzene rings is 1. The van der Waals surface area contributed by atoms with Gasteiger partial charge in [-0.05, 0) is 48.9 Å². The summed E-state index contributed by atoms with van der Waals surface area (Å²) in [6, 6.07) is 9.14. The van der Waals surface area contributed by atoms with Gasteiger partial charge in [0.05, 0.1) is 0 Å². The Morgan fingerprint density at radius 2 is 1.88 bits per heavy atom. The molecule has 5 nitrogen and oxygen atoms in total. The largest absolute Gasteiger partial charge is 0.311 e. The second-order valence-electron chi connectivity index (χ2n) is 6.28. The van der Waals surface area contributed by atoms with Crippen molar-refractivity contribution in [3.63, 3.8) is 0 Å². The standard InChI is InChI=1S/C18H22N2O3S2/c1-14-7-6-8-15(13-14)19(2)18(21)17-16(9-12-24-17)25(22,23)20-10-4-3-5-11-20/h6-9,12-13H,3-5,10-11H2,1-2H3. The van der Waals surface area contributed by atoms with Crippen LogP contribution in [-0.2, 0) is 10.0 Å². The van der Waals surface area contributed by atoms with E-state index in [2.05, 4.69) is 0 Å². The van der Waals surface area contributed by atoms with Crippen LogP contribution in [0.15, 0.2) is 40.6 Å². The van der Waals surface area contributed by atoms with Crippen LogP contribution in [0.4, 0.5) is 5.69 Å². The molecule has 2 aromatic rings. The Kier molecular flexibility index (Phi) is 5.27. The second-order valence-corrected chi connectivity index (χ2v) is 9.10. The van der Waals surface area contributed by atoms with Crippen LogP contribution in [0.2, 0.25) is 0 Å². The minimum atomic E-state index is -3.62. The number of piperidine rings is 1. The summed E-state index contributed by atoms with van der Waals surface area (Å²) >= 11 is 1.18. The molecule has 1 saturated heterocycles. The van der Waals surface area contributed by atoms with Crippen LogP contribution in [0.1, 0.15) is 34.5 Å². The number of aryl methyl sites for hydroxylation is 1. The quantitative estimate of drug-likeness (QED) is 0.818. The van der Waals surface area contributed by atoms with E-state index in [1.807, 2.05) is 31.2 Å². The van der Waals surface area contributed by atoms with Gasteiger partial charge in [0.15, 0.2) is 0 Å². The molecule has 25 heavy (non-hydrogen) atoms. The lowest BCUT2D eigenvalue weighted by molar-refractivity contribution is 0.0994. The lowest BCUT2D eigenvalue weighted by Gasteiger charge is -2.26. The van der Waals surface area contributed by atoms with Crippen molar-refractivity contribution in [1.82, 2.24) is 4.31 Å². The Balaban J connectivity index is 1.91. The molecule has 2 heterocycles. The van der Waals surface area contributed by atoms with Crippen molar-refractivity contribution in [2.45, 2.75) is 31.1 Å². The SMILES string of the molecule is Cc1cccc(N(C)C(=O)c2sccc2S(=O)(=O)N2CCCCC2)c1. The zero-order chi connectivity index (χ0) is 18.0. The summed E-state index contributed by atoms with van der Waals surface area (Å²) in [6.07, 6.45) is 2.79. The highest BCUT2D eigenvalue weighted by atomic mass is 32.2. The fraction of sp³-hybridized carbons (Fsp3) is 0.389. The van der Waals surface area contributed by atoms with Crippen molar-refractivity contribution < 1.29 is 13.2 Å². The minimum Gasteiger partial charge on any atom is -0.311 e. The number of nitrogens with zero attached hydrogens (tertiary/aromatic N) is 2. The number of carbonyl (C=O) groups excluding carboxylic acids is 1. The van der Waals surface area contributed by atoms with E-state index >= 15 is 0 Å². The third-order valence-corrected chi connectivity index (χ3v) is 7.42. The summed E-state index contributed by atoms with van der Waals surface area (Å²) in [5.41, 5.74) is 1.80. The Hall–Kier alpha value is -1.70. The molecule has 0 saturated carbocycles. The summed E-state index contributed by atoms with van der Waals surface area (Å²) in [5, 5.41) is 1.67. The van der Waals surface area contributed by atoms with E-state index in [0.29, 0.717) is 13.1 Å². The van der Waals surface area contributed by atoms with E-state index in [4.69, 9.17) is 0 Å². The van der Waals surface area contributed by atoms with Gasteiger partial charge in [0.25, 0.3) is 5.91 Å². The summed E-state index contributed by atoms with van der Waals surface area (Å²) in [6.45, 7) is 3.01. The van der Waals surface area contributed by atoms with E-state index in [-0.39, 0.29) is 15.7 Å². The molecule has 3 rings (SSSR count). The zero-order valence-electron chi connectivity index (χ0n) is 14.4. The highest BCUT2D eigenvalue weighted by molar-refractivity contribution is 7.89. The van der Waals surface area contributed by atoms with Crippen LogP contribution < -0.4 is 4.90 Å². The summed E-state index contributed by atoms with van der Waals surface area (Å²) in [7, 11) is -1.95. The zero-order valence-corrected chi connectivity index (χ0v) is 16.1. The average molecular weight is 379 g/mol. The number of thiophene rings is 1. The maximum atomic E-state index is 12.9. The van der Waals surface area contributed by atoms with Crippen molar-refractivity contribution >= 4 is 33.0 Å². The van der Waals surface area contributed by atoms with Crippen molar-refractivity contribution in [3.05, 3.63) is 46.2 Å². The van der Waals surface area contributed by atoms with Crippen LogP contribution in [0.3, 0.4) is 0 Å². The van der Waals surface area contributed by atoms with E-state index in [9.17, 15) is 13.2 Å². The van der Waals surface area contributed by atoms with Crippen molar-refractivity contribution in [3.8, 4) is 0 Å². The summed E-state index contributed by atoms with van der Waals surface area (Å²) in [5.74, 6) is -0.295. The highest BCUT2D eigenvalue weighted by Gasteiger charge is 2.32. The number of anilines is 1. The van der Waals surface area contributed by atoms with E-state index in [0.717, 1.165) is 30.5 Å². The number of carbonyl (C=O) groups is 1. The first-order valence-electron chi connectivity index (χ1n) is 8.33. The molecule has 0 bridgehead atoms. The lowest BCUT2D eigenvalue weighted by Crippen LogP contribution is -2.36. The Bertz CT molecular complexity index is 868. The van der Waals surface area contributed by atoms with Crippen LogP contribution >= 0.6 is 11.3 Å². The molecule has 1 aromatic heterocycles. The molecule has 7 heteroatoms. The second kappa shape index (κ2) is 7.27. The Labute approximate surface area is 152 Å². The maximum Gasteiger partial charge on any atom is 0.269 e. The molecule has 1 aliphatic rings. The molecule has 1 aromatic carbocycles. The molecule has 0 aliphatic carbocycles. The fourth-order valence-electron chi connectivity index (χ4n) is 3.01. The van der Waals surface area contributed by atoms with Crippen LogP contribution in [-0.4, -0.2) is 38.8 Å². The predicted molar refractivity (Wildman–Crippen MR) is 101 cm³/mol. The molecule has 0 spiro atoms. The molecular formula is C18H22N2O3S2. The van der Waals surface area contributed by atoms with Gasteiger partial charge in [0, 0.05) is 25.8 Å². The Morgan fingerprint density at radius 1 is 1.16 bits per heavy atom. The molecule has 0 radical (unpaired) electrons. The molecule has 134 valence electrons. The first kappa shape index (κ1) is 18.1. The summed E-state index contributed by atoms with van der Waals surface area (Å²) < 4.78 is 27.4. The van der Waals surface area contributed by atoms with Crippen LogP contribution in [0.5, 0.6) is 0 Å². The third-order valence-electron chi connectivity index (χ3n) is 4.45. The molecule has 1 aliphatic heterocycles. The normalized spacial score (nSPS) is 15.9. The summed E-state index contributed by atoms with van der Waals surface area (Å²) in [4.78, 5) is 14.8. The van der Waals surface area contributed by atoms with Crippen LogP contribution in [0.25, 0.3) is 0 Å². The van der Waals surface area contributed by atoms with E-state index < -0.39 is 10.0 Å². The van der Waals surface area contributed by atoms with Gasteiger partial charge in [-0.1, -0.05) is 18.6 Å². The molecule has 1 fully saturated rings. The van der Waals surface area contributed by atoms with Crippen molar-refractivity contribution in [2.75, 3.05) is 25.0 Å². The number of sulfonamides is 1. The van der Waals surface area contributed by atoms with Crippen LogP contribution in [0, 0.1) is 6.92 Å². The molecule has 0 N–H and O–H groups in total. The fourth-order valence-corrected chi connectivity index (χ4v) is 5.89. The number of hydrogen-bond acceptors (Lipinski definition) is 4. The topological polar surface area (TPSA) is 57.7 Å². The Morgan fingerprint density at radius 3 is 2.56 bits per heavy atom. The number of rotatable bonds is 4. The first-order chi connectivity index (χ1) is 11.9. The van der Waals surface area contributed by atoms with Gasteiger partial charge in [-0.25, -0.2) is 8.42 Å². The van der Waals surface area contributed by atoms with Gasteiger partial charge in [0.2, 0.25) is 10.0 Å². The van der Waals surface area contributed by atoms with Gasteiger partial charge in [-0.3, -0.25) is 4.79 Å². The predicted octanol–water partition coefficient (Wildman–Crippen LogP) is 3.51. The monoisotopic (exact) mass is 378 g/mol. The van der Waals surface area contributed by atoms with Gasteiger partial charge < -0.3 is 4.90 Å². The van der Waals surface area contributed by atoms with Gasteiger partial charge in [-0.2, -0.15) is 4.31 Å². The van der Waals surface area contributed by atoms with Gasteiger partial charge in [0.1, 0.15) is 9.77 Å². The number of hydrogen-bond donors (Lipinski definition) is 0. The molecule has 1 amide bonds. The van der Waals surface area contributed by atoms with Crippen molar-refractivity contribution in [2.24, 2.45) is 0 Å². The van der Waals surface area contributed by atoms with E-state index in [1.165, 1.54) is 20.5 Å². The van der Waals surface area contributed by atoms with Gasteiger partial charge >= 0.3 is 0 Å². The number of amides is 1. The smallest absolute Gasteiger partial charge is 0.269 e. The molecular weight excluding hydrogens is 356 g/mol. The van der Waals surface area contributed by atoms with Crippen molar-refractivity contribution in [1.29, 1.82) is 0 Å². The highest BCUT2D eigenvalue weighted by Crippen LogP contribution is 2.29. The molecule has 0 atom stereocenters. The van der Waals surface area contributed by atoms with E-state index in [1.54, 1.807) is 18.5 Å². The third kappa shape index (κ3) is 3.63. The van der Waals surface area contributed by atoms with Gasteiger partial charge in [-0.15, -0.1) is 11.3 Å². The molecule has 0 unspecified atom stereocenters. The lowest BCUT2D eigenvalue weighted by atomic mass is 10.2. The minimum absolute atomic E-state index is 0.129. The first-order valence-corrected chi connectivity index (χ1v) is 10.7. The maximum absolute atomic E-state index is 12.9. The average Bonchev–Trinajstić information content (AvgIpc) is 3.12.